The van der Waals surface area contributed by atoms with Crippen LogP contribution in [-0.4, -0.2) is 0 Å². The van der Waals surface area contributed by atoms with E-state index in [1.54, 1.807) is 5.56 Å². The molecule has 1 aliphatic rings. The number of hydrogen-bond donors (Lipinski definition) is 0. The lowest BCUT2D eigenvalue weighted by molar-refractivity contribution is 0.132. The van der Waals surface area contributed by atoms with Gasteiger partial charge in [0.1, 0.15) is 0 Å². The summed E-state index contributed by atoms with van der Waals surface area (Å²) >= 11 is 0. The summed E-state index contributed by atoms with van der Waals surface area (Å²) in [5.74, 6) is 0. The topological polar surface area (TPSA) is 0 Å². The van der Waals surface area contributed by atoms with Gasteiger partial charge in [-0.2, -0.15) is 0 Å². The van der Waals surface area contributed by atoms with Gasteiger partial charge in [-0.15, -0.1) is 0 Å². The fraction of sp³-hybridized carbons (Fsp3) is 0.625. The number of rotatable bonds is 2. The van der Waals surface area contributed by atoms with E-state index in [2.05, 4.69) is 52.0 Å². The Bertz CT molecular complexity index is 375. The van der Waals surface area contributed by atoms with Crippen LogP contribution < -0.4 is 0 Å². The van der Waals surface area contributed by atoms with Crippen molar-refractivity contribution in [3.05, 3.63) is 35.4 Å². The molecule has 0 spiro atoms. The highest BCUT2D eigenvalue weighted by Crippen LogP contribution is 2.54. The minimum absolute atomic E-state index is 0.485. The van der Waals surface area contributed by atoms with Gasteiger partial charge in [0.2, 0.25) is 0 Å². The van der Waals surface area contributed by atoms with E-state index in [9.17, 15) is 0 Å². The molecular weight excluding hydrogens is 192 g/mol. The lowest BCUT2D eigenvalue weighted by Gasteiger charge is -2.39. The molecule has 0 N–H and O–H groups in total. The van der Waals surface area contributed by atoms with Crippen molar-refractivity contribution in [3.63, 3.8) is 0 Å². The lowest BCUT2D eigenvalue weighted by atomic mass is 9.66. The van der Waals surface area contributed by atoms with Crippen molar-refractivity contribution < 1.29 is 0 Å². The first kappa shape index (κ1) is 11.7. The van der Waals surface area contributed by atoms with Crippen LogP contribution in [0.2, 0.25) is 0 Å². The molecule has 0 amide bonds. The fourth-order valence-electron chi connectivity index (χ4n) is 3.12. The Hall–Kier alpha value is -0.780. The Morgan fingerprint density at radius 1 is 1.06 bits per heavy atom. The summed E-state index contributed by atoms with van der Waals surface area (Å²) < 4.78 is 0. The molecule has 0 unspecified atom stereocenters. The zero-order valence-corrected chi connectivity index (χ0v) is 11.1. The second-order valence-corrected chi connectivity index (χ2v) is 6.40. The van der Waals surface area contributed by atoms with Crippen molar-refractivity contribution in [1.82, 2.24) is 0 Å². The van der Waals surface area contributed by atoms with E-state index in [1.165, 1.54) is 31.2 Å². The smallest absolute Gasteiger partial charge is 0.0217 e. The summed E-state index contributed by atoms with van der Waals surface area (Å²) in [6.07, 6.45) is 5.41. The molecule has 1 fully saturated rings. The van der Waals surface area contributed by atoms with Gasteiger partial charge in [0, 0.05) is 0 Å². The van der Waals surface area contributed by atoms with Crippen molar-refractivity contribution >= 4 is 0 Å². The van der Waals surface area contributed by atoms with Gasteiger partial charge in [-0.1, -0.05) is 51.5 Å². The maximum Gasteiger partial charge on any atom is -0.0217 e. The molecule has 0 saturated heterocycles. The predicted octanol–water partition coefficient (Wildman–Crippen LogP) is 4.75. The molecule has 1 aromatic rings. The molecule has 1 aromatic carbocycles. The Labute approximate surface area is 100 Å². The monoisotopic (exact) mass is 216 g/mol. The highest BCUT2D eigenvalue weighted by atomic mass is 14.5. The van der Waals surface area contributed by atoms with Gasteiger partial charge in [-0.25, -0.2) is 0 Å². The Morgan fingerprint density at radius 2 is 1.75 bits per heavy atom. The van der Waals surface area contributed by atoms with Gasteiger partial charge in [-0.3, -0.25) is 0 Å². The highest BCUT2D eigenvalue weighted by Gasteiger charge is 2.44. The minimum atomic E-state index is 0.485. The van der Waals surface area contributed by atoms with Crippen LogP contribution in [0, 0.1) is 17.8 Å². The van der Waals surface area contributed by atoms with Crippen molar-refractivity contribution in [2.75, 3.05) is 0 Å². The SMILES string of the molecule is Cc1ccccc1C[C@]1(C)CCCC1(C)C. The molecule has 0 aliphatic heterocycles. The van der Waals surface area contributed by atoms with Gasteiger partial charge in [-0.05, 0) is 48.1 Å². The summed E-state index contributed by atoms with van der Waals surface area (Å²) in [7, 11) is 0. The Kier molecular flexibility index (Phi) is 2.86. The first-order valence-electron chi connectivity index (χ1n) is 6.49. The third-order valence-electron chi connectivity index (χ3n) is 5.01. The van der Waals surface area contributed by atoms with E-state index in [0.29, 0.717) is 10.8 Å². The van der Waals surface area contributed by atoms with Crippen LogP contribution in [-0.2, 0) is 6.42 Å². The molecule has 1 aliphatic carbocycles. The fourth-order valence-corrected chi connectivity index (χ4v) is 3.12. The van der Waals surface area contributed by atoms with Gasteiger partial charge < -0.3 is 0 Å². The maximum absolute atomic E-state index is 2.48. The molecule has 0 aromatic heterocycles. The zero-order valence-electron chi connectivity index (χ0n) is 11.1. The van der Waals surface area contributed by atoms with Crippen LogP contribution >= 0.6 is 0 Å². The largest absolute Gasteiger partial charge is 0.0620 e. The van der Waals surface area contributed by atoms with Gasteiger partial charge in [0.05, 0.1) is 0 Å². The van der Waals surface area contributed by atoms with E-state index >= 15 is 0 Å². The van der Waals surface area contributed by atoms with Gasteiger partial charge in [0.25, 0.3) is 0 Å². The Balaban J connectivity index is 2.25. The first-order chi connectivity index (χ1) is 7.45. The Morgan fingerprint density at radius 3 is 2.31 bits per heavy atom. The molecule has 16 heavy (non-hydrogen) atoms. The van der Waals surface area contributed by atoms with Gasteiger partial charge in [0.15, 0.2) is 0 Å². The van der Waals surface area contributed by atoms with Crippen LogP contribution in [0.3, 0.4) is 0 Å². The van der Waals surface area contributed by atoms with Crippen molar-refractivity contribution in [2.24, 2.45) is 10.8 Å². The molecule has 0 bridgehead atoms. The quantitative estimate of drug-likeness (QED) is 0.669. The second kappa shape index (κ2) is 3.91. The summed E-state index contributed by atoms with van der Waals surface area (Å²) in [6.45, 7) is 9.60. The summed E-state index contributed by atoms with van der Waals surface area (Å²) in [5, 5.41) is 0. The standard InChI is InChI=1S/C16H24/c1-13-8-5-6-9-14(13)12-16(4)11-7-10-15(16,2)3/h5-6,8-9H,7,10-12H2,1-4H3/t16-/m0/s1. The van der Waals surface area contributed by atoms with E-state index < -0.39 is 0 Å². The number of hydrogen-bond acceptors (Lipinski definition) is 0. The third kappa shape index (κ3) is 1.90. The third-order valence-corrected chi connectivity index (χ3v) is 5.01. The number of aryl methyl sites for hydroxylation is 1. The summed E-state index contributed by atoms with van der Waals surface area (Å²) in [6, 6.07) is 8.85. The molecular formula is C16H24. The molecule has 0 heterocycles. The number of benzene rings is 1. The van der Waals surface area contributed by atoms with E-state index in [-0.39, 0.29) is 0 Å². The minimum Gasteiger partial charge on any atom is -0.0620 e. The van der Waals surface area contributed by atoms with Crippen LogP contribution in [0.15, 0.2) is 24.3 Å². The molecule has 88 valence electrons. The average molecular weight is 216 g/mol. The normalized spacial score (nSPS) is 28.2. The lowest BCUT2D eigenvalue weighted by Crippen LogP contribution is -2.31. The molecule has 1 atom stereocenters. The van der Waals surface area contributed by atoms with E-state index in [0.717, 1.165) is 0 Å². The van der Waals surface area contributed by atoms with Gasteiger partial charge >= 0.3 is 0 Å². The van der Waals surface area contributed by atoms with Crippen LogP contribution in [0.1, 0.15) is 51.2 Å². The second-order valence-electron chi connectivity index (χ2n) is 6.40. The molecule has 2 rings (SSSR count). The van der Waals surface area contributed by atoms with Crippen LogP contribution in [0.25, 0.3) is 0 Å². The average Bonchev–Trinajstić information content (AvgIpc) is 2.45. The van der Waals surface area contributed by atoms with Crippen molar-refractivity contribution in [2.45, 2.75) is 53.4 Å². The highest BCUT2D eigenvalue weighted by molar-refractivity contribution is 5.27. The molecule has 1 saturated carbocycles. The molecule has 0 nitrogen and oxygen atoms in total. The maximum atomic E-state index is 2.48. The van der Waals surface area contributed by atoms with Crippen LogP contribution in [0.5, 0.6) is 0 Å². The summed E-state index contributed by atoms with van der Waals surface area (Å²) in [4.78, 5) is 0. The summed E-state index contributed by atoms with van der Waals surface area (Å²) in [5.41, 5.74) is 3.97. The molecule has 0 heteroatoms. The van der Waals surface area contributed by atoms with E-state index in [4.69, 9.17) is 0 Å². The van der Waals surface area contributed by atoms with Crippen molar-refractivity contribution in [3.8, 4) is 0 Å². The van der Waals surface area contributed by atoms with Crippen molar-refractivity contribution in [1.29, 1.82) is 0 Å². The van der Waals surface area contributed by atoms with E-state index in [1.807, 2.05) is 0 Å². The van der Waals surface area contributed by atoms with Crippen LogP contribution in [0.4, 0.5) is 0 Å². The predicted molar refractivity (Wildman–Crippen MR) is 70.6 cm³/mol. The zero-order chi connectivity index (χ0) is 11.8. The molecule has 0 radical (unpaired) electrons. The first-order valence-corrected chi connectivity index (χ1v) is 6.49.